The average molecular weight is 213 g/mol. The minimum atomic E-state index is 0.279. The van der Waals surface area contributed by atoms with Crippen LogP contribution < -0.4 is 5.32 Å². The van der Waals surface area contributed by atoms with Crippen LogP contribution in [0.15, 0.2) is 0 Å². The molecule has 0 amide bonds. The van der Waals surface area contributed by atoms with Crippen LogP contribution in [0.5, 0.6) is 0 Å². The summed E-state index contributed by atoms with van der Waals surface area (Å²) < 4.78 is 11.3. The van der Waals surface area contributed by atoms with Crippen molar-refractivity contribution in [3.8, 4) is 0 Å². The van der Waals surface area contributed by atoms with E-state index in [4.69, 9.17) is 9.47 Å². The molecule has 0 aromatic heterocycles. The molecule has 1 heterocycles. The van der Waals surface area contributed by atoms with Gasteiger partial charge in [-0.3, -0.25) is 0 Å². The SMILES string of the molecule is CCNC(C1CCCC1)C1COCCO1. The lowest BCUT2D eigenvalue weighted by atomic mass is 9.93. The number of hydrogen-bond acceptors (Lipinski definition) is 3. The summed E-state index contributed by atoms with van der Waals surface area (Å²) >= 11 is 0. The molecule has 1 aliphatic carbocycles. The van der Waals surface area contributed by atoms with E-state index < -0.39 is 0 Å². The van der Waals surface area contributed by atoms with Crippen LogP contribution in [0.2, 0.25) is 0 Å². The molecule has 0 radical (unpaired) electrons. The number of likely N-dealkylation sites (N-methyl/N-ethyl adjacent to an activating group) is 1. The summed E-state index contributed by atoms with van der Waals surface area (Å²) in [6.07, 6.45) is 5.77. The third kappa shape index (κ3) is 2.92. The first kappa shape index (κ1) is 11.4. The maximum atomic E-state index is 5.82. The largest absolute Gasteiger partial charge is 0.376 e. The third-order valence-electron chi connectivity index (χ3n) is 3.59. The van der Waals surface area contributed by atoms with E-state index in [2.05, 4.69) is 12.2 Å². The molecular weight excluding hydrogens is 190 g/mol. The van der Waals surface area contributed by atoms with Gasteiger partial charge in [0.15, 0.2) is 0 Å². The summed E-state index contributed by atoms with van der Waals surface area (Å²) in [4.78, 5) is 0. The molecule has 15 heavy (non-hydrogen) atoms. The van der Waals surface area contributed by atoms with Crippen molar-refractivity contribution in [2.24, 2.45) is 5.92 Å². The van der Waals surface area contributed by atoms with Crippen LogP contribution in [-0.2, 0) is 9.47 Å². The van der Waals surface area contributed by atoms with E-state index in [9.17, 15) is 0 Å². The van der Waals surface area contributed by atoms with Crippen LogP contribution in [0.3, 0.4) is 0 Å². The summed E-state index contributed by atoms with van der Waals surface area (Å²) in [5.41, 5.74) is 0. The second-order valence-corrected chi connectivity index (χ2v) is 4.61. The van der Waals surface area contributed by atoms with Crippen molar-refractivity contribution < 1.29 is 9.47 Å². The maximum absolute atomic E-state index is 5.82. The van der Waals surface area contributed by atoms with Crippen molar-refractivity contribution in [3.63, 3.8) is 0 Å². The second kappa shape index (κ2) is 5.83. The van der Waals surface area contributed by atoms with Crippen molar-refractivity contribution in [2.75, 3.05) is 26.4 Å². The van der Waals surface area contributed by atoms with Gasteiger partial charge in [-0.05, 0) is 25.3 Å². The molecule has 0 aromatic rings. The summed E-state index contributed by atoms with van der Waals surface area (Å²) in [7, 11) is 0. The Hall–Kier alpha value is -0.120. The topological polar surface area (TPSA) is 30.5 Å². The van der Waals surface area contributed by atoms with Gasteiger partial charge in [0.2, 0.25) is 0 Å². The molecule has 1 saturated carbocycles. The second-order valence-electron chi connectivity index (χ2n) is 4.61. The molecule has 2 aliphatic rings. The molecule has 1 saturated heterocycles. The van der Waals surface area contributed by atoms with Crippen molar-refractivity contribution in [1.29, 1.82) is 0 Å². The van der Waals surface area contributed by atoms with E-state index in [1.165, 1.54) is 25.7 Å². The molecule has 0 bridgehead atoms. The summed E-state index contributed by atoms with van der Waals surface area (Å²) in [6, 6.07) is 0.512. The van der Waals surface area contributed by atoms with Gasteiger partial charge >= 0.3 is 0 Å². The van der Waals surface area contributed by atoms with E-state index in [0.717, 1.165) is 32.3 Å². The van der Waals surface area contributed by atoms with E-state index >= 15 is 0 Å². The van der Waals surface area contributed by atoms with Crippen LogP contribution in [0.4, 0.5) is 0 Å². The zero-order valence-electron chi connectivity index (χ0n) is 9.71. The molecule has 3 heteroatoms. The fourth-order valence-corrected chi connectivity index (χ4v) is 2.87. The fraction of sp³-hybridized carbons (Fsp3) is 1.00. The van der Waals surface area contributed by atoms with Crippen molar-refractivity contribution in [2.45, 2.75) is 44.8 Å². The maximum Gasteiger partial charge on any atom is 0.0964 e. The highest BCUT2D eigenvalue weighted by molar-refractivity contribution is 4.87. The van der Waals surface area contributed by atoms with E-state index in [-0.39, 0.29) is 6.10 Å². The third-order valence-corrected chi connectivity index (χ3v) is 3.59. The lowest BCUT2D eigenvalue weighted by Gasteiger charge is -2.34. The molecule has 1 N–H and O–H groups in total. The Kier molecular flexibility index (Phi) is 4.42. The minimum Gasteiger partial charge on any atom is -0.376 e. The quantitative estimate of drug-likeness (QED) is 0.769. The van der Waals surface area contributed by atoms with Gasteiger partial charge in [-0.25, -0.2) is 0 Å². The first-order valence-electron chi connectivity index (χ1n) is 6.34. The minimum absolute atomic E-state index is 0.279. The van der Waals surface area contributed by atoms with Crippen LogP contribution in [0.25, 0.3) is 0 Å². The van der Waals surface area contributed by atoms with Gasteiger partial charge in [-0.2, -0.15) is 0 Å². The van der Waals surface area contributed by atoms with Gasteiger partial charge in [0, 0.05) is 6.04 Å². The fourth-order valence-electron chi connectivity index (χ4n) is 2.87. The van der Waals surface area contributed by atoms with Gasteiger partial charge in [-0.15, -0.1) is 0 Å². The normalized spacial score (nSPS) is 30.6. The van der Waals surface area contributed by atoms with Crippen molar-refractivity contribution >= 4 is 0 Å². The van der Waals surface area contributed by atoms with Crippen molar-refractivity contribution in [1.82, 2.24) is 5.32 Å². The number of nitrogens with one attached hydrogen (secondary N) is 1. The van der Waals surface area contributed by atoms with Crippen LogP contribution in [-0.4, -0.2) is 38.5 Å². The van der Waals surface area contributed by atoms with Crippen LogP contribution in [0.1, 0.15) is 32.6 Å². The number of rotatable bonds is 4. The molecule has 88 valence electrons. The molecule has 2 fully saturated rings. The predicted octanol–water partition coefficient (Wildman–Crippen LogP) is 1.57. The standard InChI is InChI=1S/C12H23NO2/c1-2-13-12(10-5-3-4-6-10)11-9-14-7-8-15-11/h10-13H,2-9H2,1H3. The van der Waals surface area contributed by atoms with Gasteiger partial charge in [0.1, 0.15) is 0 Å². The first-order chi connectivity index (χ1) is 7.42. The predicted molar refractivity (Wildman–Crippen MR) is 60.0 cm³/mol. The van der Waals surface area contributed by atoms with Crippen LogP contribution in [0, 0.1) is 5.92 Å². The lowest BCUT2D eigenvalue weighted by molar-refractivity contribution is -0.108. The zero-order chi connectivity index (χ0) is 10.5. The van der Waals surface area contributed by atoms with Gasteiger partial charge in [-0.1, -0.05) is 19.8 Å². The van der Waals surface area contributed by atoms with Gasteiger partial charge in [0.25, 0.3) is 0 Å². The summed E-state index contributed by atoms with van der Waals surface area (Å²) in [5, 5.41) is 3.59. The summed E-state index contributed by atoms with van der Waals surface area (Å²) in [6.45, 7) is 5.50. The Morgan fingerprint density at radius 3 is 2.67 bits per heavy atom. The van der Waals surface area contributed by atoms with Gasteiger partial charge in [0.05, 0.1) is 25.9 Å². The Labute approximate surface area is 92.5 Å². The highest BCUT2D eigenvalue weighted by atomic mass is 16.6. The first-order valence-corrected chi connectivity index (χ1v) is 6.34. The van der Waals surface area contributed by atoms with E-state index in [0.29, 0.717) is 6.04 Å². The molecular formula is C12H23NO2. The van der Waals surface area contributed by atoms with E-state index in [1.807, 2.05) is 0 Å². The molecule has 2 unspecified atom stereocenters. The average Bonchev–Trinajstić information content (AvgIpc) is 2.80. The zero-order valence-corrected chi connectivity index (χ0v) is 9.71. The Bertz CT molecular complexity index is 174. The molecule has 1 aliphatic heterocycles. The van der Waals surface area contributed by atoms with Crippen LogP contribution >= 0.6 is 0 Å². The lowest BCUT2D eigenvalue weighted by Crippen LogP contribution is -2.50. The highest BCUT2D eigenvalue weighted by Crippen LogP contribution is 2.30. The number of hydrogen-bond donors (Lipinski definition) is 1. The Balaban J connectivity index is 1.90. The monoisotopic (exact) mass is 213 g/mol. The summed E-state index contributed by atoms with van der Waals surface area (Å²) in [5.74, 6) is 0.802. The molecule has 3 nitrogen and oxygen atoms in total. The van der Waals surface area contributed by atoms with Gasteiger partial charge < -0.3 is 14.8 Å². The number of ether oxygens (including phenoxy) is 2. The smallest absolute Gasteiger partial charge is 0.0964 e. The van der Waals surface area contributed by atoms with Crippen molar-refractivity contribution in [3.05, 3.63) is 0 Å². The molecule has 2 rings (SSSR count). The Morgan fingerprint density at radius 2 is 2.07 bits per heavy atom. The highest BCUT2D eigenvalue weighted by Gasteiger charge is 2.32. The molecule has 0 aromatic carbocycles. The molecule has 2 atom stereocenters. The van der Waals surface area contributed by atoms with E-state index in [1.54, 1.807) is 0 Å². The molecule has 0 spiro atoms. The Morgan fingerprint density at radius 1 is 1.27 bits per heavy atom.